The maximum atomic E-state index is 12.0. The molecule has 8 heteroatoms. The van der Waals surface area contributed by atoms with Crippen LogP contribution < -0.4 is 18.9 Å². The molecule has 162 valence electrons. The van der Waals surface area contributed by atoms with Crippen LogP contribution in [0.1, 0.15) is 30.0 Å². The summed E-state index contributed by atoms with van der Waals surface area (Å²) in [5.41, 5.74) is 1.49. The van der Waals surface area contributed by atoms with Gasteiger partial charge in [-0.05, 0) is 43.2 Å². The normalized spacial score (nSPS) is 17.4. The van der Waals surface area contributed by atoms with Gasteiger partial charge in [-0.15, -0.1) is 0 Å². The molecule has 1 aliphatic heterocycles. The number of likely N-dealkylation sites (tertiary alicyclic amines) is 1. The summed E-state index contributed by atoms with van der Waals surface area (Å²) in [6, 6.07) is 7.86. The Balaban J connectivity index is 2.29. The average Bonchev–Trinajstić information content (AvgIpc) is 3.23. The monoisotopic (exact) mass is 435 g/mol. The zero-order valence-electron chi connectivity index (χ0n) is 17.5. The molecule has 0 spiro atoms. The molecule has 0 bridgehead atoms. The molecule has 0 saturated carbocycles. The van der Waals surface area contributed by atoms with E-state index in [1.165, 1.54) is 7.11 Å². The zero-order valence-corrected chi connectivity index (χ0v) is 18.2. The van der Waals surface area contributed by atoms with Crippen LogP contribution in [0.3, 0.4) is 0 Å². The summed E-state index contributed by atoms with van der Waals surface area (Å²) in [4.78, 5) is 13.9. The first-order chi connectivity index (χ1) is 14.5. The predicted octanol–water partition coefficient (Wildman–Crippen LogP) is 4.01. The second-order valence-electron chi connectivity index (χ2n) is 6.95. The quantitative estimate of drug-likeness (QED) is 0.671. The van der Waals surface area contributed by atoms with E-state index < -0.39 is 18.1 Å². The van der Waals surface area contributed by atoms with E-state index in [2.05, 4.69) is 0 Å². The Labute approximate surface area is 181 Å². The molecule has 30 heavy (non-hydrogen) atoms. The highest BCUT2D eigenvalue weighted by molar-refractivity contribution is 6.30. The van der Waals surface area contributed by atoms with Crippen molar-refractivity contribution in [3.8, 4) is 23.0 Å². The van der Waals surface area contributed by atoms with Crippen LogP contribution in [0.25, 0.3) is 0 Å². The molecule has 1 saturated heterocycles. The van der Waals surface area contributed by atoms with Gasteiger partial charge in [-0.1, -0.05) is 11.6 Å². The molecular weight excluding hydrogens is 410 g/mol. The van der Waals surface area contributed by atoms with Crippen molar-refractivity contribution < 1.29 is 28.8 Å². The van der Waals surface area contributed by atoms with Crippen LogP contribution in [-0.4, -0.2) is 57.0 Å². The van der Waals surface area contributed by atoms with E-state index >= 15 is 0 Å². The van der Waals surface area contributed by atoms with Crippen LogP contribution in [0, 0.1) is 0 Å². The number of carboxylic acids is 1. The van der Waals surface area contributed by atoms with Crippen LogP contribution in [0.5, 0.6) is 23.0 Å². The minimum atomic E-state index is -0.863. The van der Waals surface area contributed by atoms with Gasteiger partial charge in [0.15, 0.2) is 11.5 Å². The fourth-order valence-corrected chi connectivity index (χ4v) is 4.33. The Kier molecular flexibility index (Phi) is 6.95. The highest BCUT2D eigenvalue weighted by Crippen LogP contribution is 2.48. The molecule has 1 N–H and O–H groups in total. The molecular formula is C22H26ClNO6. The van der Waals surface area contributed by atoms with Crippen molar-refractivity contribution in [1.29, 1.82) is 0 Å². The average molecular weight is 436 g/mol. The second-order valence-corrected chi connectivity index (χ2v) is 7.38. The number of benzene rings is 2. The van der Waals surface area contributed by atoms with Gasteiger partial charge in [0.25, 0.3) is 0 Å². The van der Waals surface area contributed by atoms with Gasteiger partial charge in [0.2, 0.25) is 5.75 Å². The fraction of sp³-hybridized carbons (Fsp3) is 0.409. The second kappa shape index (κ2) is 9.45. The molecule has 0 radical (unpaired) electrons. The van der Waals surface area contributed by atoms with E-state index in [0.29, 0.717) is 41.0 Å². The summed E-state index contributed by atoms with van der Waals surface area (Å²) in [5, 5.41) is 10.4. The van der Waals surface area contributed by atoms with Crippen LogP contribution >= 0.6 is 11.6 Å². The highest BCUT2D eigenvalue weighted by atomic mass is 35.5. The van der Waals surface area contributed by atoms with Gasteiger partial charge in [-0.3, -0.25) is 9.69 Å². The number of ether oxygens (including phenoxy) is 4. The number of carbonyl (C=O) groups is 1. The molecule has 1 fully saturated rings. The molecule has 2 aromatic rings. The molecule has 0 amide bonds. The minimum absolute atomic E-state index is 0.439. The summed E-state index contributed by atoms with van der Waals surface area (Å²) in [7, 11) is 6.21. The summed E-state index contributed by atoms with van der Waals surface area (Å²) in [6.45, 7) is 0.606. The molecule has 0 aromatic heterocycles. The number of carboxylic acid groups (broad SMARTS) is 1. The number of rotatable bonds is 8. The Morgan fingerprint density at radius 1 is 1.00 bits per heavy atom. The van der Waals surface area contributed by atoms with Crippen molar-refractivity contribution in [3.05, 3.63) is 46.5 Å². The number of aliphatic carboxylic acids is 1. The summed E-state index contributed by atoms with van der Waals surface area (Å²) < 4.78 is 22.3. The van der Waals surface area contributed by atoms with E-state index in [-0.39, 0.29) is 0 Å². The lowest BCUT2D eigenvalue weighted by Crippen LogP contribution is -2.39. The standard InChI is InChI=1S/C22H26ClNO6/c1-27-17-9-7-13(23)12-15(17)19(24-11-5-6-16(24)22(25)26)14-8-10-18(28-2)21(30-4)20(14)29-3/h7-10,12,16,19H,5-6,11H2,1-4H3,(H,25,26). The lowest BCUT2D eigenvalue weighted by molar-refractivity contribution is -0.142. The lowest BCUT2D eigenvalue weighted by Gasteiger charge is -2.34. The van der Waals surface area contributed by atoms with Gasteiger partial charge >= 0.3 is 5.97 Å². The first-order valence-electron chi connectivity index (χ1n) is 9.57. The van der Waals surface area contributed by atoms with Gasteiger partial charge in [0.1, 0.15) is 11.8 Å². The summed E-state index contributed by atoms with van der Waals surface area (Å²) >= 11 is 6.32. The Morgan fingerprint density at radius 2 is 1.67 bits per heavy atom. The number of hydrogen-bond acceptors (Lipinski definition) is 6. The van der Waals surface area contributed by atoms with Gasteiger partial charge in [0.05, 0.1) is 34.5 Å². The van der Waals surface area contributed by atoms with Gasteiger partial charge in [-0.25, -0.2) is 0 Å². The van der Waals surface area contributed by atoms with Gasteiger partial charge in [-0.2, -0.15) is 0 Å². The van der Waals surface area contributed by atoms with Crippen molar-refractivity contribution in [2.24, 2.45) is 0 Å². The summed E-state index contributed by atoms with van der Waals surface area (Å²) in [5.74, 6) is 1.18. The van der Waals surface area contributed by atoms with E-state index in [4.69, 9.17) is 30.5 Å². The fourth-order valence-electron chi connectivity index (χ4n) is 4.15. The predicted molar refractivity (Wildman–Crippen MR) is 113 cm³/mol. The van der Waals surface area contributed by atoms with Gasteiger partial charge < -0.3 is 24.1 Å². The lowest BCUT2D eigenvalue weighted by atomic mass is 9.94. The smallest absolute Gasteiger partial charge is 0.320 e. The van der Waals surface area contributed by atoms with Crippen LogP contribution in [0.15, 0.2) is 30.3 Å². The van der Waals surface area contributed by atoms with Crippen LogP contribution in [0.4, 0.5) is 0 Å². The Bertz CT molecular complexity index is 919. The largest absolute Gasteiger partial charge is 0.496 e. The van der Waals surface area contributed by atoms with Crippen LogP contribution in [0.2, 0.25) is 5.02 Å². The van der Waals surface area contributed by atoms with E-state index in [9.17, 15) is 9.90 Å². The molecule has 2 aromatic carbocycles. The molecule has 2 atom stereocenters. The van der Waals surface area contributed by atoms with E-state index in [0.717, 1.165) is 17.5 Å². The zero-order chi connectivity index (χ0) is 21.8. The molecule has 1 aliphatic rings. The van der Waals surface area contributed by atoms with Crippen molar-refractivity contribution in [3.63, 3.8) is 0 Å². The SMILES string of the molecule is COc1ccc(Cl)cc1C(c1ccc(OC)c(OC)c1OC)N1CCCC1C(=O)O. The third-order valence-corrected chi connectivity index (χ3v) is 5.66. The maximum absolute atomic E-state index is 12.0. The Hall–Kier alpha value is -2.64. The number of nitrogens with zero attached hydrogens (tertiary/aromatic N) is 1. The first-order valence-corrected chi connectivity index (χ1v) is 9.95. The van der Waals surface area contributed by atoms with Crippen molar-refractivity contribution in [2.45, 2.75) is 24.9 Å². The maximum Gasteiger partial charge on any atom is 0.320 e. The van der Waals surface area contributed by atoms with Crippen LogP contribution in [-0.2, 0) is 4.79 Å². The highest BCUT2D eigenvalue weighted by Gasteiger charge is 2.40. The number of halogens is 1. The molecule has 7 nitrogen and oxygen atoms in total. The number of hydrogen-bond donors (Lipinski definition) is 1. The third kappa shape index (κ3) is 4.00. The number of methoxy groups -OCH3 is 4. The van der Waals surface area contributed by atoms with E-state index in [1.54, 1.807) is 45.6 Å². The molecule has 0 aliphatic carbocycles. The molecule has 3 rings (SSSR count). The minimum Gasteiger partial charge on any atom is -0.496 e. The Morgan fingerprint density at radius 3 is 2.27 bits per heavy atom. The van der Waals surface area contributed by atoms with Crippen molar-refractivity contribution >= 4 is 17.6 Å². The third-order valence-electron chi connectivity index (χ3n) is 5.43. The van der Waals surface area contributed by atoms with Crippen molar-refractivity contribution in [2.75, 3.05) is 35.0 Å². The molecule has 1 heterocycles. The summed E-state index contributed by atoms with van der Waals surface area (Å²) in [6.07, 6.45) is 1.33. The topological polar surface area (TPSA) is 77.5 Å². The van der Waals surface area contributed by atoms with Crippen molar-refractivity contribution in [1.82, 2.24) is 4.90 Å². The van der Waals surface area contributed by atoms with Gasteiger partial charge in [0, 0.05) is 22.7 Å². The molecule has 2 unspecified atom stereocenters. The van der Waals surface area contributed by atoms with E-state index in [1.807, 2.05) is 11.0 Å². The first kappa shape index (κ1) is 22.1.